The predicted molar refractivity (Wildman–Crippen MR) is 70.7 cm³/mol. The first-order chi connectivity index (χ1) is 8.60. The maximum absolute atomic E-state index is 11.6. The van der Waals surface area contributed by atoms with Crippen molar-refractivity contribution in [3.8, 4) is 17.1 Å². The van der Waals surface area contributed by atoms with Crippen LogP contribution in [0.25, 0.3) is 11.4 Å². The molecule has 1 unspecified atom stereocenters. The Labute approximate surface area is 105 Å². The Morgan fingerprint density at radius 2 is 2.00 bits per heavy atom. The number of aromatic nitrogens is 2. The van der Waals surface area contributed by atoms with Crippen LogP contribution < -0.4 is 5.56 Å². The molecule has 2 N–H and O–H groups in total. The molecule has 0 saturated carbocycles. The second kappa shape index (κ2) is 5.04. The van der Waals surface area contributed by atoms with Gasteiger partial charge in [0.25, 0.3) is 5.56 Å². The summed E-state index contributed by atoms with van der Waals surface area (Å²) in [6, 6.07) is 8.15. The number of hydrogen-bond acceptors (Lipinski definition) is 3. The zero-order valence-corrected chi connectivity index (χ0v) is 10.5. The standard InChI is InChI=1S/C14H16N2O2/c1-3-9(2)12-8-13(18)16-14(15-12)10-4-6-11(17)7-5-10/h4-9,17H,3H2,1-2H3,(H,15,16,18). The maximum atomic E-state index is 11.6. The summed E-state index contributed by atoms with van der Waals surface area (Å²) in [6.45, 7) is 4.11. The summed E-state index contributed by atoms with van der Waals surface area (Å²) >= 11 is 0. The van der Waals surface area contributed by atoms with Crippen molar-refractivity contribution < 1.29 is 5.11 Å². The minimum absolute atomic E-state index is 0.150. The van der Waals surface area contributed by atoms with Crippen LogP contribution in [0.2, 0.25) is 0 Å². The van der Waals surface area contributed by atoms with E-state index in [1.165, 1.54) is 6.07 Å². The zero-order chi connectivity index (χ0) is 13.1. The van der Waals surface area contributed by atoms with Crippen molar-refractivity contribution in [3.05, 3.63) is 46.4 Å². The van der Waals surface area contributed by atoms with Gasteiger partial charge >= 0.3 is 0 Å². The largest absolute Gasteiger partial charge is 0.508 e. The summed E-state index contributed by atoms with van der Waals surface area (Å²) in [5.74, 6) is 0.986. The number of H-pyrrole nitrogens is 1. The molecular formula is C14H16N2O2. The smallest absolute Gasteiger partial charge is 0.251 e. The quantitative estimate of drug-likeness (QED) is 0.872. The molecular weight excluding hydrogens is 228 g/mol. The Balaban J connectivity index is 2.48. The third kappa shape index (κ3) is 2.59. The number of nitrogens with zero attached hydrogens (tertiary/aromatic N) is 1. The first kappa shape index (κ1) is 12.4. The van der Waals surface area contributed by atoms with Crippen LogP contribution in [0.15, 0.2) is 35.1 Å². The molecule has 0 radical (unpaired) electrons. The van der Waals surface area contributed by atoms with Crippen LogP contribution in [0.1, 0.15) is 31.9 Å². The van der Waals surface area contributed by atoms with Crippen LogP contribution in [0.4, 0.5) is 0 Å². The van der Waals surface area contributed by atoms with Crippen molar-refractivity contribution in [2.45, 2.75) is 26.2 Å². The molecule has 4 nitrogen and oxygen atoms in total. The van der Waals surface area contributed by atoms with Gasteiger partial charge in [-0.25, -0.2) is 4.98 Å². The van der Waals surface area contributed by atoms with Gasteiger partial charge in [0.2, 0.25) is 0 Å². The summed E-state index contributed by atoms with van der Waals surface area (Å²) < 4.78 is 0. The number of hydrogen-bond donors (Lipinski definition) is 2. The van der Waals surface area contributed by atoms with Gasteiger partial charge in [0, 0.05) is 11.6 Å². The summed E-state index contributed by atoms with van der Waals surface area (Å²) in [7, 11) is 0. The van der Waals surface area contributed by atoms with Gasteiger partial charge in [0.1, 0.15) is 11.6 Å². The lowest BCUT2D eigenvalue weighted by Gasteiger charge is -2.09. The summed E-state index contributed by atoms with van der Waals surface area (Å²) in [6.07, 6.45) is 0.936. The molecule has 0 aliphatic rings. The fourth-order valence-electron chi connectivity index (χ4n) is 1.69. The lowest BCUT2D eigenvalue weighted by Crippen LogP contribution is -2.11. The molecule has 0 spiro atoms. The summed E-state index contributed by atoms with van der Waals surface area (Å²) in [5.41, 5.74) is 1.43. The summed E-state index contributed by atoms with van der Waals surface area (Å²) in [5, 5.41) is 9.25. The Kier molecular flexibility index (Phi) is 3.46. The molecule has 0 fully saturated rings. The lowest BCUT2D eigenvalue weighted by atomic mass is 10.0. The van der Waals surface area contributed by atoms with Crippen molar-refractivity contribution in [2.24, 2.45) is 0 Å². The average Bonchev–Trinajstić information content (AvgIpc) is 2.38. The average molecular weight is 244 g/mol. The Morgan fingerprint density at radius 3 is 2.61 bits per heavy atom. The van der Waals surface area contributed by atoms with Crippen molar-refractivity contribution >= 4 is 0 Å². The fourth-order valence-corrected chi connectivity index (χ4v) is 1.69. The van der Waals surface area contributed by atoms with E-state index in [4.69, 9.17) is 0 Å². The molecule has 0 aliphatic carbocycles. The number of rotatable bonds is 3. The van der Waals surface area contributed by atoms with E-state index in [-0.39, 0.29) is 17.2 Å². The van der Waals surface area contributed by atoms with Gasteiger partial charge < -0.3 is 10.1 Å². The van der Waals surface area contributed by atoms with E-state index in [1.807, 2.05) is 6.92 Å². The zero-order valence-electron chi connectivity index (χ0n) is 10.5. The summed E-state index contributed by atoms with van der Waals surface area (Å²) in [4.78, 5) is 18.8. The molecule has 18 heavy (non-hydrogen) atoms. The first-order valence-electron chi connectivity index (χ1n) is 6.01. The van der Waals surface area contributed by atoms with E-state index in [0.717, 1.165) is 17.7 Å². The van der Waals surface area contributed by atoms with E-state index in [9.17, 15) is 9.90 Å². The molecule has 2 aromatic rings. The molecule has 4 heteroatoms. The van der Waals surface area contributed by atoms with Gasteiger partial charge in [0.15, 0.2) is 0 Å². The third-order valence-electron chi connectivity index (χ3n) is 3.02. The van der Waals surface area contributed by atoms with Crippen molar-refractivity contribution in [3.63, 3.8) is 0 Å². The molecule has 1 atom stereocenters. The van der Waals surface area contributed by atoms with Gasteiger partial charge in [-0.1, -0.05) is 13.8 Å². The third-order valence-corrected chi connectivity index (χ3v) is 3.02. The highest BCUT2D eigenvalue weighted by Crippen LogP contribution is 2.20. The highest BCUT2D eigenvalue weighted by molar-refractivity contribution is 5.56. The van der Waals surface area contributed by atoms with Crippen LogP contribution in [0.3, 0.4) is 0 Å². The van der Waals surface area contributed by atoms with Crippen LogP contribution in [0.5, 0.6) is 5.75 Å². The Morgan fingerprint density at radius 1 is 1.33 bits per heavy atom. The van der Waals surface area contributed by atoms with Crippen LogP contribution in [0, 0.1) is 0 Å². The van der Waals surface area contributed by atoms with Crippen molar-refractivity contribution in [1.82, 2.24) is 9.97 Å². The second-order valence-corrected chi connectivity index (χ2v) is 4.38. The monoisotopic (exact) mass is 244 g/mol. The Hall–Kier alpha value is -2.10. The van der Waals surface area contributed by atoms with Crippen LogP contribution in [-0.2, 0) is 0 Å². The molecule has 1 aromatic heterocycles. The number of phenols is 1. The highest BCUT2D eigenvalue weighted by atomic mass is 16.3. The van der Waals surface area contributed by atoms with Gasteiger partial charge in [-0.15, -0.1) is 0 Å². The molecule has 0 bridgehead atoms. The van der Waals surface area contributed by atoms with E-state index in [0.29, 0.717) is 5.82 Å². The van der Waals surface area contributed by atoms with E-state index in [2.05, 4.69) is 16.9 Å². The fraction of sp³-hybridized carbons (Fsp3) is 0.286. The van der Waals surface area contributed by atoms with E-state index < -0.39 is 0 Å². The second-order valence-electron chi connectivity index (χ2n) is 4.38. The molecule has 0 saturated heterocycles. The number of aromatic hydroxyl groups is 1. The van der Waals surface area contributed by atoms with Crippen LogP contribution >= 0.6 is 0 Å². The molecule has 2 rings (SSSR count). The first-order valence-corrected chi connectivity index (χ1v) is 6.01. The van der Waals surface area contributed by atoms with E-state index >= 15 is 0 Å². The number of aromatic amines is 1. The predicted octanol–water partition coefficient (Wildman–Crippen LogP) is 2.66. The molecule has 0 aliphatic heterocycles. The number of phenolic OH excluding ortho intramolecular Hbond substituents is 1. The maximum Gasteiger partial charge on any atom is 0.251 e. The van der Waals surface area contributed by atoms with Gasteiger partial charge in [-0.05, 0) is 36.6 Å². The van der Waals surface area contributed by atoms with Crippen LogP contribution in [-0.4, -0.2) is 15.1 Å². The normalized spacial score (nSPS) is 12.3. The Bertz CT molecular complexity index is 587. The molecule has 1 heterocycles. The van der Waals surface area contributed by atoms with Gasteiger partial charge in [0.05, 0.1) is 5.69 Å². The van der Waals surface area contributed by atoms with Gasteiger partial charge in [-0.3, -0.25) is 4.79 Å². The minimum Gasteiger partial charge on any atom is -0.508 e. The van der Waals surface area contributed by atoms with Crippen molar-refractivity contribution in [2.75, 3.05) is 0 Å². The van der Waals surface area contributed by atoms with E-state index in [1.54, 1.807) is 24.3 Å². The van der Waals surface area contributed by atoms with Gasteiger partial charge in [-0.2, -0.15) is 0 Å². The lowest BCUT2D eigenvalue weighted by molar-refractivity contribution is 0.475. The topological polar surface area (TPSA) is 66.0 Å². The molecule has 1 aromatic carbocycles. The number of benzene rings is 1. The highest BCUT2D eigenvalue weighted by Gasteiger charge is 2.09. The molecule has 0 amide bonds. The van der Waals surface area contributed by atoms with Crippen molar-refractivity contribution in [1.29, 1.82) is 0 Å². The minimum atomic E-state index is -0.150. The molecule has 94 valence electrons. The SMILES string of the molecule is CCC(C)c1cc(=O)[nH]c(-c2ccc(O)cc2)n1. The number of nitrogens with one attached hydrogen (secondary N) is 1.